The van der Waals surface area contributed by atoms with Crippen molar-refractivity contribution in [2.24, 2.45) is 0 Å². The SMILES string of the molecule is Cc1ncc(CO)c(C(F)(F)F)c1O. The van der Waals surface area contributed by atoms with Crippen LogP contribution in [-0.2, 0) is 12.8 Å². The van der Waals surface area contributed by atoms with Crippen molar-refractivity contribution in [2.75, 3.05) is 0 Å². The highest BCUT2D eigenvalue weighted by atomic mass is 19.4. The van der Waals surface area contributed by atoms with Crippen LogP contribution in [0.3, 0.4) is 0 Å². The minimum atomic E-state index is -4.68. The summed E-state index contributed by atoms with van der Waals surface area (Å²) in [6, 6.07) is 0. The van der Waals surface area contributed by atoms with Crippen LogP contribution in [0.2, 0.25) is 0 Å². The minimum Gasteiger partial charge on any atom is -0.505 e. The summed E-state index contributed by atoms with van der Waals surface area (Å²) < 4.78 is 37.1. The fourth-order valence-electron chi connectivity index (χ4n) is 1.07. The first kappa shape index (κ1) is 10.8. The van der Waals surface area contributed by atoms with Gasteiger partial charge in [-0.25, -0.2) is 0 Å². The Morgan fingerprint density at radius 1 is 1.43 bits per heavy atom. The third-order valence-electron chi connectivity index (χ3n) is 1.77. The second-order valence-electron chi connectivity index (χ2n) is 2.75. The van der Waals surface area contributed by atoms with E-state index in [9.17, 15) is 13.2 Å². The van der Waals surface area contributed by atoms with Gasteiger partial charge in [-0.15, -0.1) is 0 Å². The van der Waals surface area contributed by atoms with E-state index < -0.39 is 29.7 Å². The fourth-order valence-corrected chi connectivity index (χ4v) is 1.07. The van der Waals surface area contributed by atoms with Crippen molar-refractivity contribution in [3.8, 4) is 5.75 Å². The van der Waals surface area contributed by atoms with Crippen molar-refractivity contribution in [1.29, 1.82) is 0 Å². The molecule has 0 amide bonds. The maximum Gasteiger partial charge on any atom is 0.420 e. The lowest BCUT2D eigenvalue weighted by Crippen LogP contribution is -2.11. The maximum absolute atomic E-state index is 12.4. The van der Waals surface area contributed by atoms with E-state index in [-0.39, 0.29) is 5.69 Å². The molecule has 3 nitrogen and oxygen atoms in total. The van der Waals surface area contributed by atoms with Gasteiger partial charge in [0.2, 0.25) is 0 Å². The molecular weight excluding hydrogens is 199 g/mol. The second-order valence-corrected chi connectivity index (χ2v) is 2.75. The monoisotopic (exact) mass is 207 g/mol. The van der Waals surface area contributed by atoms with Crippen LogP contribution in [0.4, 0.5) is 13.2 Å². The number of alkyl halides is 3. The van der Waals surface area contributed by atoms with E-state index in [4.69, 9.17) is 10.2 Å². The quantitative estimate of drug-likeness (QED) is 0.735. The smallest absolute Gasteiger partial charge is 0.420 e. The zero-order valence-electron chi connectivity index (χ0n) is 7.26. The topological polar surface area (TPSA) is 53.4 Å². The van der Waals surface area contributed by atoms with Crippen molar-refractivity contribution >= 4 is 0 Å². The number of hydrogen-bond acceptors (Lipinski definition) is 3. The molecule has 1 rings (SSSR count). The Labute approximate surface area is 77.8 Å². The number of aliphatic hydroxyl groups is 1. The number of halogens is 3. The molecule has 0 atom stereocenters. The van der Waals surface area contributed by atoms with Gasteiger partial charge < -0.3 is 10.2 Å². The van der Waals surface area contributed by atoms with E-state index in [1.165, 1.54) is 6.92 Å². The lowest BCUT2D eigenvalue weighted by molar-refractivity contribution is -0.140. The summed E-state index contributed by atoms with van der Waals surface area (Å²) in [5, 5.41) is 17.8. The van der Waals surface area contributed by atoms with Gasteiger partial charge in [-0.3, -0.25) is 4.98 Å². The summed E-state index contributed by atoms with van der Waals surface area (Å²) in [4.78, 5) is 3.51. The first-order valence-corrected chi connectivity index (χ1v) is 3.73. The molecule has 1 aromatic heterocycles. The molecule has 1 aromatic rings. The molecule has 0 fully saturated rings. The summed E-state index contributed by atoms with van der Waals surface area (Å²) >= 11 is 0. The molecule has 0 aliphatic heterocycles. The second kappa shape index (κ2) is 3.45. The van der Waals surface area contributed by atoms with Gasteiger partial charge in [-0.1, -0.05) is 0 Å². The third kappa shape index (κ3) is 1.79. The van der Waals surface area contributed by atoms with Crippen molar-refractivity contribution in [3.63, 3.8) is 0 Å². The highest BCUT2D eigenvalue weighted by Gasteiger charge is 2.37. The zero-order valence-corrected chi connectivity index (χ0v) is 7.26. The molecule has 0 bridgehead atoms. The third-order valence-corrected chi connectivity index (χ3v) is 1.77. The molecule has 0 spiro atoms. The number of rotatable bonds is 1. The zero-order chi connectivity index (χ0) is 10.9. The lowest BCUT2D eigenvalue weighted by Gasteiger charge is -2.13. The Morgan fingerprint density at radius 3 is 2.43 bits per heavy atom. The van der Waals surface area contributed by atoms with Crippen LogP contribution in [0.15, 0.2) is 6.20 Å². The van der Waals surface area contributed by atoms with Crippen molar-refractivity contribution in [2.45, 2.75) is 19.7 Å². The minimum absolute atomic E-state index is 0.116. The summed E-state index contributed by atoms with van der Waals surface area (Å²) in [6.07, 6.45) is -3.78. The molecule has 0 radical (unpaired) electrons. The van der Waals surface area contributed by atoms with E-state index >= 15 is 0 Å². The maximum atomic E-state index is 12.4. The highest BCUT2D eigenvalue weighted by molar-refractivity contribution is 5.42. The van der Waals surface area contributed by atoms with Crippen molar-refractivity contribution < 1.29 is 23.4 Å². The van der Waals surface area contributed by atoms with Gasteiger partial charge in [0.25, 0.3) is 0 Å². The number of pyridine rings is 1. The number of hydrogen-bond donors (Lipinski definition) is 2. The summed E-state index contributed by atoms with van der Waals surface area (Å²) in [5.41, 5.74) is -1.76. The molecule has 1 heterocycles. The van der Waals surface area contributed by atoms with E-state index in [1.54, 1.807) is 0 Å². The molecule has 0 saturated heterocycles. The Balaban J connectivity index is 3.44. The Hall–Kier alpha value is -1.30. The van der Waals surface area contributed by atoms with Gasteiger partial charge >= 0.3 is 6.18 Å². The van der Waals surface area contributed by atoms with Gasteiger partial charge in [0.05, 0.1) is 12.3 Å². The predicted octanol–water partition coefficient (Wildman–Crippen LogP) is 1.61. The summed E-state index contributed by atoms with van der Waals surface area (Å²) in [7, 11) is 0. The molecular formula is C8H8F3NO2. The van der Waals surface area contributed by atoms with Crippen molar-refractivity contribution in [3.05, 3.63) is 23.0 Å². The van der Waals surface area contributed by atoms with Gasteiger partial charge in [-0.2, -0.15) is 13.2 Å². The van der Waals surface area contributed by atoms with Gasteiger partial charge in [-0.05, 0) is 6.92 Å². The predicted molar refractivity (Wildman–Crippen MR) is 41.6 cm³/mol. The molecule has 78 valence electrons. The molecule has 0 saturated carbocycles. The molecule has 0 aliphatic rings. The van der Waals surface area contributed by atoms with E-state index in [0.717, 1.165) is 6.20 Å². The van der Waals surface area contributed by atoms with Crippen LogP contribution in [0.25, 0.3) is 0 Å². The molecule has 0 aromatic carbocycles. The summed E-state index contributed by atoms with van der Waals surface area (Å²) in [5.74, 6) is -0.927. The van der Waals surface area contributed by atoms with Crippen LogP contribution in [-0.4, -0.2) is 15.2 Å². The van der Waals surface area contributed by atoms with E-state index in [1.807, 2.05) is 0 Å². The lowest BCUT2D eigenvalue weighted by atomic mass is 10.1. The van der Waals surface area contributed by atoms with Gasteiger partial charge in [0, 0.05) is 11.8 Å². The normalized spacial score (nSPS) is 11.8. The number of aryl methyl sites for hydroxylation is 1. The average molecular weight is 207 g/mol. The molecule has 2 N–H and O–H groups in total. The van der Waals surface area contributed by atoms with Crippen molar-refractivity contribution in [1.82, 2.24) is 4.98 Å². The first-order chi connectivity index (χ1) is 6.38. The highest BCUT2D eigenvalue weighted by Crippen LogP contribution is 2.38. The Morgan fingerprint density at radius 2 is 2.00 bits per heavy atom. The molecule has 0 aliphatic carbocycles. The first-order valence-electron chi connectivity index (χ1n) is 3.73. The van der Waals surface area contributed by atoms with Gasteiger partial charge in [0.1, 0.15) is 11.3 Å². The van der Waals surface area contributed by atoms with Gasteiger partial charge in [0.15, 0.2) is 0 Å². The van der Waals surface area contributed by atoms with Crippen LogP contribution in [0.1, 0.15) is 16.8 Å². The largest absolute Gasteiger partial charge is 0.505 e. The number of aliphatic hydroxyl groups excluding tert-OH is 1. The Bertz CT molecular complexity index is 349. The van der Waals surface area contributed by atoms with E-state index in [0.29, 0.717) is 0 Å². The van der Waals surface area contributed by atoms with Crippen LogP contribution in [0.5, 0.6) is 5.75 Å². The molecule has 0 unspecified atom stereocenters. The van der Waals surface area contributed by atoms with Crippen LogP contribution in [0, 0.1) is 6.92 Å². The summed E-state index contributed by atoms with van der Waals surface area (Å²) in [6.45, 7) is 0.446. The Kier molecular flexibility index (Phi) is 2.66. The average Bonchev–Trinajstić information content (AvgIpc) is 2.07. The number of nitrogens with zero attached hydrogens (tertiary/aromatic N) is 1. The van der Waals surface area contributed by atoms with Crippen LogP contribution < -0.4 is 0 Å². The fraction of sp³-hybridized carbons (Fsp3) is 0.375. The molecule has 14 heavy (non-hydrogen) atoms. The van der Waals surface area contributed by atoms with E-state index in [2.05, 4.69) is 4.98 Å². The standard InChI is InChI=1S/C8H8F3NO2/c1-4-7(14)6(8(9,10)11)5(3-13)2-12-4/h2,13-14H,3H2,1H3. The number of aromatic hydroxyl groups is 1. The van der Waals surface area contributed by atoms with Crippen LogP contribution >= 0.6 is 0 Å². The number of aromatic nitrogens is 1. The molecule has 6 heteroatoms.